The Morgan fingerprint density at radius 3 is 2.32 bits per heavy atom. The van der Waals surface area contributed by atoms with Gasteiger partial charge in [0.25, 0.3) is 0 Å². The predicted molar refractivity (Wildman–Crippen MR) is 106 cm³/mol. The fraction of sp³-hybridized carbons (Fsp3) is 0.632. The van der Waals surface area contributed by atoms with Gasteiger partial charge in [-0.2, -0.15) is 0 Å². The van der Waals surface area contributed by atoms with Gasteiger partial charge in [0.15, 0.2) is 0 Å². The quantitative estimate of drug-likeness (QED) is 0.654. The third-order valence-corrected chi connectivity index (χ3v) is 5.51. The van der Waals surface area contributed by atoms with E-state index in [4.69, 9.17) is 0 Å². The minimum Gasteiger partial charge on any atom is -0.337 e. The highest BCUT2D eigenvalue weighted by Crippen LogP contribution is 2.05. The summed E-state index contributed by atoms with van der Waals surface area (Å²) in [6.07, 6.45) is 0. The largest absolute Gasteiger partial charge is 0.337 e. The maximum Gasteiger partial charge on any atom is 0.317 e. The molecule has 1 unspecified atom stereocenters. The van der Waals surface area contributed by atoms with Crippen molar-refractivity contribution in [3.8, 4) is 0 Å². The Balaban J connectivity index is 2.42. The topological polar surface area (TPSA) is 52.7 Å². The van der Waals surface area contributed by atoms with Crippen LogP contribution in [0.3, 0.4) is 0 Å². The maximum atomic E-state index is 12.4. The number of nitrogens with one attached hydrogen (secondary N) is 1. The molecular formula is C19H33N3O2S. The molecule has 0 bridgehead atoms. The number of hydrogen-bond donors (Lipinski definition) is 1. The van der Waals surface area contributed by atoms with Crippen LogP contribution in [-0.4, -0.2) is 64.6 Å². The normalized spacial score (nSPS) is 12.4. The summed E-state index contributed by atoms with van der Waals surface area (Å²) >= 11 is 0. The lowest BCUT2D eigenvalue weighted by Crippen LogP contribution is -2.47. The first-order chi connectivity index (χ1) is 12.0. The molecule has 1 aromatic rings. The van der Waals surface area contributed by atoms with Gasteiger partial charge in [-0.3, -0.25) is 4.21 Å². The lowest BCUT2D eigenvalue weighted by Gasteiger charge is -2.27. The molecule has 0 aliphatic carbocycles. The van der Waals surface area contributed by atoms with E-state index in [-0.39, 0.29) is 12.1 Å². The van der Waals surface area contributed by atoms with Gasteiger partial charge in [-0.15, -0.1) is 0 Å². The molecular weight excluding hydrogens is 334 g/mol. The Morgan fingerprint density at radius 2 is 1.76 bits per heavy atom. The minimum absolute atomic E-state index is 0.0705. The van der Waals surface area contributed by atoms with Crippen molar-refractivity contribution in [2.75, 3.05) is 38.5 Å². The first kappa shape index (κ1) is 21.6. The first-order valence-corrected chi connectivity index (χ1v) is 10.6. The van der Waals surface area contributed by atoms with E-state index < -0.39 is 10.8 Å². The third-order valence-electron chi connectivity index (χ3n) is 4.21. The van der Waals surface area contributed by atoms with Crippen molar-refractivity contribution in [3.63, 3.8) is 0 Å². The fourth-order valence-electron chi connectivity index (χ4n) is 2.59. The smallest absolute Gasteiger partial charge is 0.317 e. The van der Waals surface area contributed by atoms with Crippen molar-refractivity contribution < 1.29 is 9.00 Å². The van der Waals surface area contributed by atoms with Crippen LogP contribution in [0.1, 0.15) is 33.3 Å². The van der Waals surface area contributed by atoms with Crippen LogP contribution in [0.15, 0.2) is 30.3 Å². The lowest BCUT2D eigenvalue weighted by molar-refractivity contribution is 0.185. The molecule has 25 heavy (non-hydrogen) atoms. The molecule has 1 aromatic carbocycles. The fourth-order valence-corrected chi connectivity index (χ4v) is 3.70. The summed E-state index contributed by atoms with van der Waals surface area (Å²) in [5.74, 6) is 1.03. The van der Waals surface area contributed by atoms with E-state index in [1.807, 2.05) is 44.2 Å². The average molecular weight is 368 g/mol. The van der Waals surface area contributed by atoms with Crippen LogP contribution in [0, 0.1) is 0 Å². The average Bonchev–Trinajstić information content (AvgIpc) is 2.59. The van der Waals surface area contributed by atoms with Gasteiger partial charge in [0.2, 0.25) is 0 Å². The van der Waals surface area contributed by atoms with Gasteiger partial charge in [-0.1, -0.05) is 44.2 Å². The van der Waals surface area contributed by atoms with Gasteiger partial charge in [0, 0.05) is 48.0 Å². The van der Waals surface area contributed by atoms with E-state index in [9.17, 15) is 9.00 Å². The number of carbonyl (C=O) groups excluding carboxylic acids is 1. The van der Waals surface area contributed by atoms with E-state index in [0.717, 1.165) is 25.2 Å². The number of nitrogens with zero attached hydrogens (tertiary/aromatic N) is 2. The van der Waals surface area contributed by atoms with Crippen LogP contribution in [0.5, 0.6) is 0 Å². The van der Waals surface area contributed by atoms with Crippen molar-refractivity contribution in [1.29, 1.82) is 0 Å². The standard InChI is InChI=1S/C19H33N3O2S/c1-5-21(6-2)13-12-20-19(23)22(17(3)4)14-15-25(24)16-18-10-8-7-9-11-18/h7-11,17H,5-6,12-16H2,1-4H3,(H,20,23). The third kappa shape index (κ3) is 8.50. The van der Waals surface area contributed by atoms with Crippen LogP contribution in [0.4, 0.5) is 4.79 Å². The van der Waals surface area contributed by atoms with Crippen molar-refractivity contribution in [3.05, 3.63) is 35.9 Å². The van der Waals surface area contributed by atoms with Crippen molar-refractivity contribution in [2.45, 2.75) is 39.5 Å². The van der Waals surface area contributed by atoms with Gasteiger partial charge < -0.3 is 15.1 Å². The zero-order chi connectivity index (χ0) is 18.7. The second kappa shape index (κ2) is 12.0. The molecule has 142 valence electrons. The highest BCUT2D eigenvalue weighted by molar-refractivity contribution is 7.84. The Labute approximate surface area is 155 Å². The molecule has 0 saturated heterocycles. The molecule has 1 N–H and O–H groups in total. The number of likely N-dealkylation sites (N-methyl/N-ethyl adjacent to an activating group) is 1. The Bertz CT molecular complexity index is 519. The number of amides is 2. The van der Waals surface area contributed by atoms with Gasteiger partial charge >= 0.3 is 6.03 Å². The number of hydrogen-bond acceptors (Lipinski definition) is 3. The molecule has 1 rings (SSSR count). The van der Waals surface area contributed by atoms with Gasteiger partial charge in [0.05, 0.1) is 0 Å². The summed E-state index contributed by atoms with van der Waals surface area (Å²) in [5, 5.41) is 2.98. The molecule has 0 fully saturated rings. The van der Waals surface area contributed by atoms with Crippen LogP contribution in [0.2, 0.25) is 0 Å². The second-order valence-corrected chi connectivity index (χ2v) is 7.90. The molecule has 0 aromatic heterocycles. The summed E-state index contributed by atoms with van der Waals surface area (Å²) < 4.78 is 12.3. The monoisotopic (exact) mass is 367 g/mol. The summed E-state index contributed by atoms with van der Waals surface area (Å²) in [7, 11) is -0.970. The van der Waals surface area contributed by atoms with E-state index in [1.165, 1.54) is 0 Å². The summed E-state index contributed by atoms with van der Waals surface area (Å²) in [6, 6.07) is 9.85. The van der Waals surface area contributed by atoms with Crippen molar-refractivity contribution >= 4 is 16.8 Å². The molecule has 0 aliphatic rings. The molecule has 5 nitrogen and oxygen atoms in total. The van der Waals surface area contributed by atoms with Crippen LogP contribution >= 0.6 is 0 Å². The molecule has 1 atom stereocenters. The summed E-state index contributed by atoms with van der Waals surface area (Å²) in [6.45, 7) is 12.2. The van der Waals surface area contributed by atoms with Crippen molar-refractivity contribution in [1.82, 2.24) is 15.1 Å². The highest BCUT2D eigenvalue weighted by Gasteiger charge is 2.17. The van der Waals surface area contributed by atoms with Crippen LogP contribution in [-0.2, 0) is 16.6 Å². The predicted octanol–water partition coefficient (Wildman–Crippen LogP) is 2.70. The zero-order valence-corrected chi connectivity index (χ0v) is 16.8. The number of carbonyl (C=O) groups is 1. The SMILES string of the molecule is CCN(CC)CCNC(=O)N(CCS(=O)Cc1ccccc1)C(C)C. The Hall–Kier alpha value is -1.40. The number of urea groups is 1. The molecule has 0 heterocycles. The molecule has 0 radical (unpaired) electrons. The van der Waals surface area contributed by atoms with Gasteiger partial charge in [-0.25, -0.2) is 4.79 Å². The van der Waals surface area contributed by atoms with E-state index in [0.29, 0.717) is 24.6 Å². The maximum absolute atomic E-state index is 12.4. The molecule has 0 saturated carbocycles. The zero-order valence-electron chi connectivity index (χ0n) is 16.0. The second-order valence-electron chi connectivity index (χ2n) is 6.32. The highest BCUT2D eigenvalue weighted by atomic mass is 32.2. The molecule has 6 heteroatoms. The molecule has 2 amide bonds. The molecule has 0 aliphatic heterocycles. The Morgan fingerprint density at radius 1 is 1.12 bits per heavy atom. The lowest BCUT2D eigenvalue weighted by atomic mass is 10.2. The van der Waals surface area contributed by atoms with E-state index in [2.05, 4.69) is 24.1 Å². The first-order valence-electron chi connectivity index (χ1n) is 9.13. The number of rotatable bonds is 11. The van der Waals surface area contributed by atoms with Gasteiger partial charge in [0.1, 0.15) is 0 Å². The minimum atomic E-state index is -0.970. The number of benzene rings is 1. The summed E-state index contributed by atoms with van der Waals surface area (Å²) in [4.78, 5) is 16.5. The van der Waals surface area contributed by atoms with E-state index in [1.54, 1.807) is 4.90 Å². The van der Waals surface area contributed by atoms with Gasteiger partial charge in [-0.05, 0) is 32.5 Å². The van der Waals surface area contributed by atoms with Crippen LogP contribution < -0.4 is 5.32 Å². The van der Waals surface area contributed by atoms with E-state index >= 15 is 0 Å². The summed E-state index contributed by atoms with van der Waals surface area (Å²) in [5.41, 5.74) is 1.07. The Kier molecular flexibility index (Phi) is 10.4. The van der Waals surface area contributed by atoms with Crippen molar-refractivity contribution in [2.24, 2.45) is 0 Å². The van der Waals surface area contributed by atoms with Crippen LogP contribution in [0.25, 0.3) is 0 Å². The molecule has 0 spiro atoms.